The molecule has 0 aliphatic carbocycles. The molecule has 136 valence electrons. The molecular formula is C20H20Cl2N2O2. The SMILES string of the molecule is CCCCNC(=O)/C(=C/c1ccc(Cl)cc1)NC(=O)c1ccccc1Cl. The van der Waals surface area contributed by atoms with Crippen LogP contribution >= 0.6 is 23.2 Å². The summed E-state index contributed by atoms with van der Waals surface area (Å²) in [7, 11) is 0. The molecule has 0 bridgehead atoms. The number of hydrogen-bond acceptors (Lipinski definition) is 2. The van der Waals surface area contributed by atoms with Gasteiger partial charge in [-0.1, -0.05) is 60.8 Å². The number of amides is 2. The molecule has 0 unspecified atom stereocenters. The Bertz CT molecular complexity index is 802. The maximum atomic E-state index is 12.5. The van der Waals surface area contributed by atoms with Gasteiger partial charge in [-0.05, 0) is 42.3 Å². The van der Waals surface area contributed by atoms with Crippen molar-refractivity contribution >= 4 is 41.1 Å². The molecule has 0 heterocycles. The summed E-state index contributed by atoms with van der Waals surface area (Å²) in [6.45, 7) is 2.57. The highest BCUT2D eigenvalue weighted by atomic mass is 35.5. The largest absolute Gasteiger partial charge is 0.351 e. The van der Waals surface area contributed by atoms with Crippen LogP contribution in [-0.2, 0) is 4.79 Å². The van der Waals surface area contributed by atoms with Crippen molar-refractivity contribution < 1.29 is 9.59 Å². The molecule has 0 atom stereocenters. The zero-order chi connectivity index (χ0) is 18.9. The lowest BCUT2D eigenvalue weighted by Crippen LogP contribution is -2.35. The molecule has 0 aliphatic rings. The first-order valence-corrected chi connectivity index (χ1v) is 9.08. The molecule has 0 aliphatic heterocycles. The van der Waals surface area contributed by atoms with Crippen LogP contribution in [-0.4, -0.2) is 18.4 Å². The van der Waals surface area contributed by atoms with E-state index in [9.17, 15) is 9.59 Å². The average Bonchev–Trinajstić information content (AvgIpc) is 2.63. The second-order valence-electron chi connectivity index (χ2n) is 5.65. The molecule has 0 fully saturated rings. The lowest BCUT2D eigenvalue weighted by atomic mass is 10.1. The van der Waals surface area contributed by atoms with Gasteiger partial charge in [-0.2, -0.15) is 0 Å². The van der Waals surface area contributed by atoms with Crippen molar-refractivity contribution in [2.75, 3.05) is 6.54 Å². The van der Waals surface area contributed by atoms with E-state index >= 15 is 0 Å². The number of carbonyl (C=O) groups is 2. The predicted molar refractivity (Wildman–Crippen MR) is 106 cm³/mol. The van der Waals surface area contributed by atoms with Gasteiger partial charge in [0.05, 0.1) is 10.6 Å². The van der Waals surface area contributed by atoms with Crippen molar-refractivity contribution in [2.45, 2.75) is 19.8 Å². The minimum Gasteiger partial charge on any atom is -0.351 e. The first-order chi connectivity index (χ1) is 12.5. The Hall–Kier alpha value is -2.30. The highest BCUT2D eigenvalue weighted by Crippen LogP contribution is 2.16. The smallest absolute Gasteiger partial charge is 0.267 e. The predicted octanol–water partition coefficient (Wildman–Crippen LogP) is 4.68. The highest BCUT2D eigenvalue weighted by Gasteiger charge is 2.16. The molecule has 0 saturated heterocycles. The van der Waals surface area contributed by atoms with Crippen LogP contribution in [0, 0.1) is 0 Å². The van der Waals surface area contributed by atoms with Crippen molar-refractivity contribution in [3.8, 4) is 0 Å². The number of hydrogen-bond donors (Lipinski definition) is 2. The standard InChI is InChI=1S/C20H20Cl2N2O2/c1-2-3-12-23-20(26)18(13-14-8-10-15(21)11-9-14)24-19(25)16-6-4-5-7-17(16)22/h4-11,13H,2-3,12H2,1H3,(H,23,26)(H,24,25)/b18-13-. The number of nitrogens with one attached hydrogen (secondary N) is 2. The number of halogens is 2. The van der Waals surface area contributed by atoms with Gasteiger partial charge in [0.1, 0.15) is 5.70 Å². The fourth-order valence-electron chi connectivity index (χ4n) is 2.19. The quantitative estimate of drug-likeness (QED) is 0.532. The Balaban J connectivity index is 2.25. The molecule has 0 saturated carbocycles. The summed E-state index contributed by atoms with van der Waals surface area (Å²) >= 11 is 12.0. The molecule has 4 nitrogen and oxygen atoms in total. The fourth-order valence-corrected chi connectivity index (χ4v) is 2.54. The zero-order valence-corrected chi connectivity index (χ0v) is 15.9. The molecule has 0 aromatic heterocycles. The Labute approximate surface area is 163 Å². The van der Waals surface area contributed by atoms with Gasteiger partial charge in [-0.3, -0.25) is 9.59 Å². The summed E-state index contributed by atoms with van der Waals surface area (Å²) in [6.07, 6.45) is 3.42. The summed E-state index contributed by atoms with van der Waals surface area (Å²) in [5, 5.41) is 6.38. The normalized spacial score (nSPS) is 11.1. The van der Waals surface area contributed by atoms with Gasteiger partial charge in [0.15, 0.2) is 0 Å². The fraction of sp³-hybridized carbons (Fsp3) is 0.200. The van der Waals surface area contributed by atoms with Crippen LogP contribution in [0.3, 0.4) is 0 Å². The summed E-state index contributed by atoms with van der Waals surface area (Å²) in [5.74, 6) is -0.796. The van der Waals surface area contributed by atoms with E-state index < -0.39 is 5.91 Å². The van der Waals surface area contributed by atoms with Crippen LogP contribution < -0.4 is 10.6 Å². The molecule has 2 N–H and O–H groups in total. The molecule has 2 amide bonds. The Morgan fingerprint density at radius 2 is 1.73 bits per heavy atom. The third-order valence-electron chi connectivity index (χ3n) is 3.61. The third-order valence-corrected chi connectivity index (χ3v) is 4.19. The minimum atomic E-state index is -0.443. The molecule has 26 heavy (non-hydrogen) atoms. The second kappa shape index (κ2) is 10.00. The van der Waals surface area contributed by atoms with Crippen molar-refractivity contribution in [1.29, 1.82) is 0 Å². The first kappa shape index (κ1) is 20.0. The summed E-state index contributed by atoms with van der Waals surface area (Å²) < 4.78 is 0. The van der Waals surface area contributed by atoms with Crippen LogP contribution in [0.15, 0.2) is 54.2 Å². The van der Waals surface area contributed by atoms with E-state index in [0.29, 0.717) is 22.2 Å². The lowest BCUT2D eigenvalue weighted by Gasteiger charge is -2.12. The van der Waals surface area contributed by atoms with Crippen LogP contribution in [0.2, 0.25) is 10.0 Å². The van der Waals surface area contributed by atoms with Crippen molar-refractivity contribution in [3.05, 3.63) is 75.4 Å². The molecule has 2 aromatic carbocycles. The van der Waals surface area contributed by atoms with E-state index in [4.69, 9.17) is 23.2 Å². The van der Waals surface area contributed by atoms with Crippen molar-refractivity contribution in [2.24, 2.45) is 0 Å². The van der Waals surface area contributed by atoms with Crippen LogP contribution in [0.5, 0.6) is 0 Å². The van der Waals surface area contributed by atoms with Gasteiger partial charge in [0, 0.05) is 11.6 Å². The van der Waals surface area contributed by atoms with E-state index in [1.54, 1.807) is 54.6 Å². The van der Waals surface area contributed by atoms with E-state index in [0.717, 1.165) is 18.4 Å². The highest BCUT2D eigenvalue weighted by molar-refractivity contribution is 6.34. The van der Waals surface area contributed by atoms with Gasteiger partial charge in [-0.25, -0.2) is 0 Å². The molecule has 0 spiro atoms. The van der Waals surface area contributed by atoms with E-state index in [2.05, 4.69) is 10.6 Å². The van der Waals surface area contributed by atoms with Crippen LogP contribution in [0.4, 0.5) is 0 Å². The van der Waals surface area contributed by atoms with Crippen LogP contribution in [0.1, 0.15) is 35.7 Å². The molecule has 2 aromatic rings. The van der Waals surface area contributed by atoms with E-state index in [1.807, 2.05) is 6.92 Å². The average molecular weight is 391 g/mol. The third kappa shape index (κ3) is 5.90. The number of carbonyl (C=O) groups excluding carboxylic acids is 2. The summed E-state index contributed by atoms with van der Waals surface area (Å²) in [5.41, 5.74) is 1.19. The second-order valence-corrected chi connectivity index (χ2v) is 6.50. The van der Waals surface area contributed by atoms with Gasteiger partial charge < -0.3 is 10.6 Å². The van der Waals surface area contributed by atoms with Crippen LogP contribution in [0.25, 0.3) is 6.08 Å². The number of unbranched alkanes of at least 4 members (excludes halogenated alkanes) is 1. The van der Waals surface area contributed by atoms with Gasteiger partial charge in [0.2, 0.25) is 0 Å². The number of benzene rings is 2. The molecule has 0 radical (unpaired) electrons. The minimum absolute atomic E-state index is 0.147. The zero-order valence-electron chi connectivity index (χ0n) is 14.4. The Morgan fingerprint density at radius 3 is 2.38 bits per heavy atom. The molecular weight excluding hydrogens is 371 g/mol. The maximum Gasteiger partial charge on any atom is 0.267 e. The molecule has 6 heteroatoms. The van der Waals surface area contributed by atoms with Gasteiger partial charge in [0.25, 0.3) is 11.8 Å². The van der Waals surface area contributed by atoms with E-state index in [1.165, 1.54) is 0 Å². The monoisotopic (exact) mass is 390 g/mol. The maximum absolute atomic E-state index is 12.5. The topological polar surface area (TPSA) is 58.2 Å². The summed E-state index contributed by atoms with van der Waals surface area (Å²) in [4.78, 5) is 25.0. The van der Waals surface area contributed by atoms with Crippen molar-refractivity contribution in [1.82, 2.24) is 10.6 Å². The van der Waals surface area contributed by atoms with E-state index in [-0.39, 0.29) is 11.6 Å². The van der Waals surface area contributed by atoms with Gasteiger partial charge in [-0.15, -0.1) is 0 Å². The van der Waals surface area contributed by atoms with Gasteiger partial charge >= 0.3 is 0 Å². The van der Waals surface area contributed by atoms with Crippen molar-refractivity contribution in [3.63, 3.8) is 0 Å². The first-order valence-electron chi connectivity index (χ1n) is 8.32. The number of rotatable bonds is 7. The summed E-state index contributed by atoms with van der Waals surface area (Å²) in [6, 6.07) is 13.6. The Kier molecular flexibility index (Phi) is 7.70. The molecule has 2 rings (SSSR count). The lowest BCUT2D eigenvalue weighted by molar-refractivity contribution is -0.117. The Morgan fingerprint density at radius 1 is 1.04 bits per heavy atom.